The third-order valence-electron chi connectivity index (χ3n) is 3.41. The lowest BCUT2D eigenvalue weighted by atomic mass is 10.1. The van der Waals surface area contributed by atoms with Crippen molar-refractivity contribution in [1.82, 2.24) is 9.97 Å². The van der Waals surface area contributed by atoms with Crippen LogP contribution in [0.5, 0.6) is 0 Å². The van der Waals surface area contributed by atoms with Crippen molar-refractivity contribution in [2.24, 2.45) is 0 Å². The van der Waals surface area contributed by atoms with Crippen LogP contribution in [0.15, 0.2) is 61.2 Å². The fourth-order valence-corrected chi connectivity index (χ4v) is 2.11. The van der Waals surface area contributed by atoms with Crippen LogP contribution >= 0.6 is 0 Å². The molecule has 2 heterocycles. The first-order valence-electron chi connectivity index (χ1n) is 7.55. The van der Waals surface area contributed by atoms with E-state index >= 15 is 0 Å². The van der Waals surface area contributed by atoms with E-state index in [-0.39, 0.29) is 11.3 Å². The van der Waals surface area contributed by atoms with Gasteiger partial charge >= 0.3 is 0 Å². The average Bonchev–Trinajstić information content (AvgIpc) is 2.67. The first-order valence-corrected chi connectivity index (χ1v) is 7.55. The van der Waals surface area contributed by atoms with Gasteiger partial charge in [-0.15, -0.1) is 0 Å². The van der Waals surface area contributed by atoms with Crippen LogP contribution in [0.4, 0.5) is 11.4 Å². The van der Waals surface area contributed by atoms with E-state index in [1.807, 2.05) is 0 Å². The monoisotopic (exact) mass is 340 g/mol. The molecule has 0 saturated heterocycles. The molecule has 124 valence electrons. The van der Waals surface area contributed by atoms with Crippen LogP contribution in [-0.2, 0) is 0 Å². The summed E-state index contributed by atoms with van der Waals surface area (Å²) in [5.74, 6) is 11.4. The molecule has 1 aromatic carbocycles. The minimum Gasteiger partial charge on any atom is -0.398 e. The van der Waals surface area contributed by atoms with Crippen molar-refractivity contribution in [2.45, 2.75) is 0 Å². The number of nitrogens with two attached hydrogens (primary N) is 1. The first kappa shape index (κ1) is 16.7. The van der Waals surface area contributed by atoms with Crippen molar-refractivity contribution < 1.29 is 4.92 Å². The average molecular weight is 340 g/mol. The zero-order valence-electron chi connectivity index (χ0n) is 13.5. The Morgan fingerprint density at radius 1 is 0.808 bits per heavy atom. The summed E-state index contributed by atoms with van der Waals surface area (Å²) in [5.41, 5.74) is 8.25. The molecule has 0 unspecified atom stereocenters. The number of aromatic nitrogens is 2. The SMILES string of the molecule is Nc1cc(C#Cc2ccncc2)c([N+](=O)[O-])cc1C#Cc1ccncc1. The topological polar surface area (TPSA) is 94.9 Å². The summed E-state index contributed by atoms with van der Waals surface area (Å²) in [4.78, 5) is 18.7. The highest BCUT2D eigenvalue weighted by atomic mass is 16.6. The molecule has 0 spiro atoms. The summed E-state index contributed by atoms with van der Waals surface area (Å²) in [6, 6.07) is 9.74. The molecule has 2 aromatic heterocycles. The number of nitrogen functional groups attached to an aromatic ring is 1. The lowest BCUT2D eigenvalue weighted by Gasteiger charge is -2.01. The third kappa shape index (κ3) is 4.02. The minimum absolute atomic E-state index is 0.139. The number of benzene rings is 1. The second-order valence-electron chi connectivity index (χ2n) is 5.19. The second kappa shape index (κ2) is 7.61. The van der Waals surface area contributed by atoms with Crippen LogP contribution in [-0.4, -0.2) is 14.9 Å². The maximum Gasteiger partial charge on any atom is 0.286 e. The Labute approximate surface area is 149 Å². The summed E-state index contributed by atoms with van der Waals surface area (Å²) in [6.45, 7) is 0. The van der Waals surface area contributed by atoms with Gasteiger partial charge in [0.25, 0.3) is 5.69 Å². The van der Waals surface area contributed by atoms with Crippen LogP contribution in [0.3, 0.4) is 0 Å². The van der Waals surface area contributed by atoms with Crippen molar-refractivity contribution in [1.29, 1.82) is 0 Å². The van der Waals surface area contributed by atoms with Gasteiger partial charge < -0.3 is 5.73 Å². The minimum atomic E-state index is -0.492. The normalized spacial score (nSPS) is 9.38. The Balaban J connectivity index is 2.01. The Kier molecular flexibility index (Phi) is 4.88. The van der Waals surface area contributed by atoms with Crippen molar-refractivity contribution >= 4 is 11.4 Å². The number of nitro benzene ring substituents is 1. The van der Waals surface area contributed by atoms with Crippen LogP contribution < -0.4 is 5.73 Å². The third-order valence-corrected chi connectivity index (χ3v) is 3.41. The molecule has 0 atom stereocenters. The fraction of sp³-hybridized carbons (Fsp3) is 0. The zero-order valence-corrected chi connectivity index (χ0v) is 13.5. The van der Waals surface area contributed by atoms with Gasteiger partial charge in [-0.3, -0.25) is 20.1 Å². The molecule has 0 radical (unpaired) electrons. The Bertz CT molecular complexity index is 1070. The van der Waals surface area contributed by atoms with E-state index in [1.165, 1.54) is 12.1 Å². The Hall–Kier alpha value is -4.16. The van der Waals surface area contributed by atoms with Gasteiger partial charge in [-0.1, -0.05) is 23.7 Å². The van der Waals surface area contributed by atoms with Gasteiger partial charge in [0, 0.05) is 47.7 Å². The summed E-state index contributed by atoms with van der Waals surface area (Å²) in [5, 5.41) is 11.4. The summed E-state index contributed by atoms with van der Waals surface area (Å²) in [7, 11) is 0. The van der Waals surface area contributed by atoms with Crippen molar-refractivity contribution in [3.05, 3.63) is 93.6 Å². The first-order chi connectivity index (χ1) is 12.6. The van der Waals surface area contributed by atoms with Gasteiger partial charge in [-0.2, -0.15) is 0 Å². The maximum absolute atomic E-state index is 11.4. The summed E-state index contributed by atoms with van der Waals surface area (Å²) in [6.07, 6.45) is 6.44. The highest BCUT2D eigenvalue weighted by Crippen LogP contribution is 2.24. The van der Waals surface area contributed by atoms with E-state index in [4.69, 9.17) is 5.73 Å². The van der Waals surface area contributed by atoms with Gasteiger partial charge in [0.2, 0.25) is 0 Å². The molecule has 0 aliphatic carbocycles. The van der Waals surface area contributed by atoms with Crippen molar-refractivity contribution in [3.8, 4) is 23.7 Å². The molecule has 0 fully saturated rings. The molecule has 3 rings (SSSR count). The fourth-order valence-electron chi connectivity index (χ4n) is 2.11. The van der Waals surface area contributed by atoms with Gasteiger partial charge in [0.1, 0.15) is 5.56 Å². The molecule has 0 bridgehead atoms. The molecule has 6 heteroatoms. The largest absolute Gasteiger partial charge is 0.398 e. The standard InChI is InChI=1S/C20H12N4O2/c21-19-13-18(4-2-16-7-11-23-12-8-16)20(24(25)26)14-17(19)3-1-15-5-9-22-10-6-15/h5-14H,21H2. The molecule has 26 heavy (non-hydrogen) atoms. The predicted octanol–water partition coefficient (Wildman–Crippen LogP) is 2.77. The van der Waals surface area contributed by atoms with Gasteiger partial charge in [-0.05, 0) is 30.3 Å². The van der Waals surface area contributed by atoms with Gasteiger partial charge in [-0.25, -0.2) is 0 Å². The number of nitrogens with zero attached hydrogens (tertiary/aromatic N) is 3. The molecule has 6 nitrogen and oxygen atoms in total. The highest BCUT2D eigenvalue weighted by Gasteiger charge is 2.15. The molecular weight excluding hydrogens is 328 g/mol. The smallest absolute Gasteiger partial charge is 0.286 e. The van der Waals surface area contributed by atoms with Crippen LogP contribution in [0.1, 0.15) is 22.3 Å². The highest BCUT2D eigenvalue weighted by molar-refractivity contribution is 5.68. The molecule has 3 aromatic rings. The molecule has 2 N–H and O–H groups in total. The summed E-state index contributed by atoms with van der Waals surface area (Å²) >= 11 is 0. The number of hydrogen-bond acceptors (Lipinski definition) is 5. The van der Waals surface area contributed by atoms with Crippen LogP contribution in [0.25, 0.3) is 0 Å². The van der Waals surface area contributed by atoms with E-state index in [0.29, 0.717) is 16.8 Å². The van der Waals surface area contributed by atoms with E-state index in [0.717, 1.165) is 5.56 Å². The zero-order chi connectivity index (χ0) is 18.4. The van der Waals surface area contributed by atoms with Crippen molar-refractivity contribution in [3.63, 3.8) is 0 Å². The number of pyridine rings is 2. The van der Waals surface area contributed by atoms with Crippen molar-refractivity contribution in [2.75, 3.05) is 5.73 Å². The van der Waals surface area contributed by atoms with Gasteiger partial charge in [0.15, 0.2) is 0 Å². The lowest BCUT2D eigenvalue weighted by molar-refractivity contribution is -0.385. The van der Waals surface area contributed by atoms with Crippen LogP contribution in [0.2, 0.25) is 0 Å². The quantitative estimate of drug-likeness (QED) is 0.318. The molecule has 0 aliphatic heterocycles. The molecule has 0 amide bonds. The van der Waals surface area contributed by atoms with E-state index < -0.39 is 4.92 Å². The maximum atomic E-state index is 11.4. The number of hydrogen-bond donors (Lipinski definition) is 1. The number of rotatable bonds is 1. The number of nitro groups is 1. The van der Waals surface area contributed by atoms with E-state index in [1.54, 1.807) is 49.1 Å². The molecule has 0 saturated carbocycles. The molecular formula is C20H12N4O2. The number of anilines is 1. The summed E-state index contributed by atoms with van der Waals surface area (Å²) < 4.78 is 0. The second-order valence-corrected chi connectivity index (χ2v) is 5.19. The van der Waals surface area contributed by atoms with Crippen LogP contribution in [0, 0.1) is 33.8 Å². The predicted molar refractivity (Wildman–Crippen MR) is 97.9 cm³/mol. The van der Waals surface area contributed by atoms with E-state index in [9.17, 15) is 10.1 Å². The molecule has 0 aliphatic rings. The Morgan fingerprint density at radius 2 is 1.31 bits per heavy atom. The van der Waals surface area contributed by atoms with Gasteiger partial charge in [0.05, 0.1) is 10.5 Å². The van der Waals surface area contributed by atoms with E-state index in [2.05, 4.69) is 33.6 Å². The Morgan fingerprint density at radius 3 is 1.81 bits per heavy atom. The lowest BCUT2D eigenvalue weighted by Crippen LogP contribution is -1.98.